The third kappa shape index (κ3) is 5.62. The van der Waals surface area contributed by atoms with Crippen molar-refractivity contribution in [3.8, 4) is 6.07 Å². The zero-order valence-corrected chi connectivity index (χ0v) is 15.1. The van der Waals surface area contributed by atoms with E-state index in [1.807, 2.05) is 6.07 Å². The highest BCUT2D eigenvalue weighted by Crippen LogP contribution is 2.18. The van der Waals surface area contributed by atoms with Crippen LogP contribution >= 0.6 is 0 Å². The van der Waals surface area contributed by atoms with E-state index in [2.05, 4.69) is 10.6 Å². The van der Waals surface area contributed by atoms with Crippen molar-refractivity contribution in [2.24, 2.45) is 0 Å². The number of rotatable bonds is 2. The summed E-state index contributed by atoms with van der Waals surface area (Å²) >= 11 is 0. The van der Waals surface area contributed by atoms with Gasteiger partial charge in [0.2, 0.25) is 0 Å². The van der Waals surface area contributed by atoms with Gasteiger partial charge in [0.25, 0.3) is 0 Å². The van der Waals surface area contributed by atoms with Crippen molar-refractivity contribution in [2.75, 3.05) is 18.4 Å². The third-order valence-corrected chi connectivity index (χ3v) is 3.85. The average molecular weight is 362 g/mol. The highest BCUT2D eigenvalue weighted by Gasteiger charge is 2.26. The lowest BCUT2D eigenvalue weighted by Crippen LogP contribution is -2.48. The topological polar surface area (TPSA) is 94.5 Å². The molecule has 140 valence electrons. The Balaban J connectivity index is 1.85. The number of halogens is 1. The van der Waals surface area contributed by atoms with E-state index < -0.39 is 17.5 Å². The summed E-state index contributed by atoms with van der Waals surface area (Å²) in [5.74, 6) is -0.534. The van der Waals surface area contributed by atoms with E-state index in [0.29, 0.717) is 25.9 Å². The number of nitrogens with one attached hydrogen (secondary N) is 2. The van der Waals surface area contributed by atoms with Crippen LogP contribution in [-0.4, -0.2) is 41.8 Å². The number of anilines is 1. The van der Waals surface area contributed by atoms with Crippen molar-refractivity contribution >= 4 is 17.8 Å². The number of piperidine rings is 1. The molecule has 8 heteroatoms. The minimum absolute atomic E-state index is 0.0607. The molecule has 2 rings (SSSR count). The van der Waals surface area contributed by atoms with E-state index in [4.69, 9.17) is 10.00 Å². The Morgan fingerprint density at radius 1 is 1.31 bits per heavy atom. The molecule has 0 radical (unpaired) electrons. The van der Waals surface area contributed by atoms with Crippen LogP contribution in [0.1, 0.15) is 39.2 Å². The van der Waals surface area contributed by atoms with Crippen molar-refractivity contribution in [3.63, 3.8) is 0 Å². The van der Waals surface area contributed by atoms with E-state index in [-0.39, 0.29) is 23.3 Å². The maximum absolute atomic E-state index is 13.2. The summed E-state index contributed by atoms with van der Waals surface area (Å²) in [5, 5.41) is 14.5. The van der Waals surface area contributed by atoms with E-state index >= 15 is 0 Å². The molecule has 3 amide bonds. The molecule has 1 heterocycles. The first-order valence-electron chi connectivity index (χ1n) is 8.43. The van der Waals surface area contributed by atoms with Crippen LogP contribution in [0.5, 0.6) is 0 Å². The molecule has 0 saturated carbocycles. The van der Waals surface area contributed by atoms with Gasteiger partial charge < -0.3 is 20.3 Å². The SMILES string of the molecule is CC(C)(C)OC(=O)NC1CCN(C(=O)Nc2ccc(F)cc2C#N)CC1. The van der Waals surface area contributed by atoms with E-state index in [1.165, 1.54) is 12.1 Å². The summed E-state index contributed by atoms with van der Waals surface area (Å²) in [6.07, 6.45) is 0.730. The second kappa shape index (κ2) is 8.04. The number of amides is 3. The molecule has 1 aromatic carbocycles. The molecule has 1 aliphatic rings. The van der Waals surface area contributed by atoms with Gasteiger partial charge in [-0.05, 0) is 51.8 Å². The van der Waals surface area contributed by atoms with Gasteiger partial charge in [0.05, 0.1) is 11.3 Å². The fourth-order valence-electron chi connectivity index (χ4n) is 2.61. The highest BCUT2D eigenvalue weighted by molar-refractivity contribution is 5.90. The lowest BCUT2D eigenvalue weighted by atomic mass is 10.1. The number of nitrogens with zero attached hydrogens (tertiary/aromatic N) is 2. The van der Waals surface area contributed by atoms with Crippen LogP contribution in [0.2, 0.25) is 0 Å². The molecule has 1 aliphatic heterocycles. The van der Waals surface area contributed by atoms with Crippen LogP contribution in [0.3, 0.4) is 0 Å². The molecule has 0 atom stereocenters. The molecule has 0 aromatic heterocycles. The van der Waals surface area contributed by atoms with Crippen molar-refractivity contribution < 1.29 is 18.7 Å². The molecule has 1 fully saturated rings. The minimum atomic E-state index is -0.557. The Labute approximate surface area is 152 Å². The Kier molecular flexibility index (Phi) is 6.03. The summed E-state index contributed by atoms with van der Waals surface area (Å²) in [7, 11) is 0. The van der Waals surface area contributed by atoms with E-state index in [9.17, 15) is 14.0 Å². The fourth-order valence-corrected chi connectivity index (χ4v) is 2.61. The number of urea groups is 1. The van der Waals surface area contributed by atoms with Crippen molar-refractivity contribution in [3.05, 3.63) is 29.6 Å². The van der Waals surface area contributed by atoms with E-state index in [1.54, 1.807) is 25.7 Å². The van der Waals surface area contributed by atoms with Crippen LogP contribution in [0, 0.1) is 17.1 Å². The first-order valence-corrected chi connectivity index (χ1v) is 8.43. The Morgan fingerprint density at radius 3 is 2.54 bits per heavy atom. The highest BCUT2D eigenvalue weighted by atomic mass is 19.1. The van der Waals surface area contributed by atoms with Crippen molar-refractivity contribution in [1.82, 2.24) is 10.2 Å². The van der Waals surface area contributed by atoms with Gasteiger partial charge in [-0.25, -0.2) is 14.0 Å². The van der Waals surface area contributed by atoms with Gasteiger partial charge in [-0.1, -0.05) is 0 Å². The Morgan fingerprint density at radius 2 is 1.96 bits per heavy atom. The summed E-state index contributed by atoms with van der Waals surface area (Å²) < 4.78 is 18.4. The maximum atomic E-state index is 13.2. The molecule has 0 spiro atoms. The van der Waals surface area contributed by atoms with Crippen LogP contribution in [0.15, 0.2) is 18.2 Å². The van der Waals surface area contributed by atoms with Crippen LogP contribution in [0.25, 0.3) is 0 Å². The number of ether oxygens (including phenoxy) is 1. The first kappa shape index (κ1) is 19.5. The van der Waals surface area contributed by atoms with E-state index in [0.717, 1.165) is 6.07 Å². The standard InChI is InChI=1S/C18H23FN4O3/c1-18(2,3)26-17(25)21-14-6-8-23(9-7-14)16(24)22-15-5-4-13(19)10-12(15)11-20/h4-5,10,14H,6-9H2,1-3H3,(H,21,25)(H,22,24). The normalized spacial score (nSPS) is 15.1. The predicted molar refractivity (Wildman–Crippen MR) is 94.1 cm³/mol. The molecule has 26 heavy (non-hydrogen) atoms. The molecule has 2 N–H and O–H groups in total. The Bertz CT molecular complexity index is 716. The molecule has 0 unspecified atom stereocenters. The molecular weight excluding hydrogens is 339 g/mol. The van der Waals surface area contributed by atoms with Gasteiger partial charge in [0.1, 0.15) is 17.5 Å². The second-order valence-electron chi connectivity index (χ2n) is 7.14. The lowest BCUT2D eigenvalue weighted by Gasteiger charge is -2.32. The average Bonchev–Trinajstić information content (AvgIpc) is 2.55. The fraction of sp³-hybridized carbons (Fsp3) is 0.500. The second-order valence-corrected chi connectivity index (χ2v) is 7.14. The summed E-state index contributed by atoms with van der Waals surface area (Å²) in [5.41, 5.74) is -0.217. The smallest absolute Gasteiger partial charge is 0.407 e. The number of carbonyl (C=O) groups excluding carboxylic acids is 2. The Hall–Kier alpha value is -2.82. The maximum Gasteiger partial charge on any atom is 0.407 e. The predicted octanol–water partition coefficient (Wildman–Crippen LogP) is 3.22. The first-order chi connectivity index (χ1) is 12.2. The number of likely N-dealkylation sites (tertiary alicyclic amines) is 1. The minimum Gasteiger partial charge on any atom is -0.444 e. The molecule has 0 bridgehead atoms. The lowest BCUT2D eigenvalue weighted by molar-refractivity contribution is 0.0486. The van der Waals surface area contributed by atoms with Gasteiger partial charge in [-0.2, -0.15) is 5.26 Å². The zero-order valence-electron chi connectivity index (χ0n) is 15.1. The number of carbonyl (C=O) groups is 2. The van der Waals surface area contributed by atoms with Crippen LogP contribution in [0.4, 0.5) is 19.7 Å². The third-order valence-electron chi connectivity index (χ3n) is 3.85. The van der Waals surface area contributed by atoms with Crippen molar-refractivity contribution in [1.29, 1.82) is 5.26 Å². The van der Waals surface area contributed by atoms with Crippen LogP contribution in [-0.2, 0) is 4.74 Å². The number of hydrogen-bond donors (Lipinski definition) is 2. The quantitative estimate of drug-likeness (QED) is 0.844. The molecule has 0 aliphatic carbocycles. The zero-order chi connectivity index (χ0) is 19.3. The van der Waals surface area contributed by atoms with Gasteiger partial charge in [-0.15, -0.1) is 0 Å². The summed E-state index contributed by atoms with van der Waals surface area (Å²) in [6.45, 7) is 6.30. The number of hydrogen-bond acceptors (Lipinski definition) is 4. The van der Waals surface area contributed by atoms with Gasteiger partial charge >= 0.3 is 12.1 Å². The summed E-state index contributed by atoms with van der Waals surface area (Å²) in [6, 6.07) is 5.07. The molecule has 1 aromatic rings. The van der Waals surface area contributed by atoms with Gasteiger partial charge in [0, 0.05) is 19.1 Å². The number of alkyl carbamates (subject to hydrolysis) is 1. The van der Waals surface area contributed by atoms with Crippen molar-refractivity contribution in [2.45, 2.75) is 45.3 Å². The monoisotopic (exact) mass is 362 g/mol. The molecule has 7 nitrogen and oxygen atoms in total. The largest absolute Gasteiger partial charge is 0.444 e. The number of nitriles is 1. The van der Waals surface area contributed by atoms with Crippen LogP contribution < -0.4 is 10.6 Å². The van der Waals surface area contributed by atoms with Gasteiger partial charge in [-0.3, -0.25) is 0 Å². The molecule has 1 saturated heterocycles. The number of benzene rings is 1. The molecular formula is C18H23FN4O3. The summed E-state index contributed by atoms with van der Waals surface area (Å²) in [4.78, 5) is 25.7. The van der Waals surface area contributed by atoms with Gasteiger partial charge in [0.15, 0.2) is 0 Å².